The van der Waals surface area contributed by atoms with Gasteiger partial charge >= 0.3 is 0 Å². The van der Waals surface area contributed by atoms with E-state index in [1.165, 1.54) is 31.2 Å². The summed E-state index contributed by atoms with van der Waals surface area (Å²) in [6.07, 6.45) is 5.71. The Hall–Kier alpha value is -0.870. The first kappa shape index (κ1) is 15.5. The Kier molecular flexibility index (Phi) is 5.61. The van der Waals surface area contributed by atoms with Crippen molar-refractivity contribution < 1.29 is 9.26 Å². The Morgan fingerprint density at radius 3 is 2.70 bits per heavy atom. The molecule has 2 rings (SSSR count). The fourth-order valence-corrected chi connectivity index (χ4v) is 2.97. The molecule has 0 radical (unpaired) electrons. The zero-order valence-electron chi connectivity index (χ0n) is 13.3. The van der Waals surface area contributed by atoms with Crippen LogP contribution in [0.5, 0.6) is 0 Å². The fraction of sp³-hybridized carbons (Fsp3) is 0.812. The van der Waals surface area contributed by atoms with Gasteiger partial charge in [-0.3, -0.25) is 4.90 Å². The van der Waals surface area contributed by atoms with E-state index >= 15 is 0 Å². The van der Waals surface area contributed by atoms with E-state index < -0.39 is 0 Å². The maximum absolute atomic E-state index is 6.06. The molecule has 1 heterocycles. The van der Waals surface area contributed by atoms with Gasteiger partial charge in [-0.2, -0.15) is 0 Å². The molecule has 20 heavy (non-hydrogen) atoms. The molecule has 0 unspecified atom stereocenters. The molecule has 1 aromatic rings. The van der Waals surface area contributed by atoms with Gasteiger partial charge in [0.05, 0.1) is 18.4 Å². The summed E-state index contributed by atoms with van der Waals surface area (Å²) < 4.78 is 11.3. The smallest absolute Gasteiger partial charge is 0.138 e. The number of hydrogen-bond donors (Lipinski definition) is 0. The first-order valence-corrected chi connectivity index (χ1v) is 7.80. The molecule has 4 nitrogen and oxygen atoms in total. The van der Waals surface area contributed by atoms with E-state index in [-0.39, 0.29) is 0 Å². The molecule has 1 aliphatic rings. The Morgan fingerprint density at radius 2 is 2.05 bits per heavy atom. The van der Waals surface area contributed by atoms with Crippen LogP contribution in [0.25, 0.3) is 0 Å². The van der Waals surface area contributed by atoms with Crippen LogP contribution >= 0.6 is 0 Å². The maximum atomic E-state index is 6.06. The Morgan fingerprint density at radius 1 is 1.30 bits per heavy atom. The summed E-state index contributed by atoms with van der Waals surface area (Å²) >= 11 is 0. The fourth-order valence-electron chi connectivity index (χ4n) is 2.97. The van der Waals surface area contributed by atoms with Gasteiger partial charge in [-0.1, -0.05) is 24.9 Å². The van der Waals surface area contributed by atoms with Gasteiger partial charge < -0.3 is 9.26 Å². The van der Waals surface area contributed by atoms with Gasteiger partial charge in [-0.15, -0.1) is 0 Å². The lowest BCUT2D eigenvalue weighted by Gasteiger charge is -2.29. The van der Waals surface area contributed by atoms with Crippen molar-refractivity contribution in [3.63, 3.8) is 0 Å². The van der Waals surface area contributed by atoms with Crippen molar-refractivity contribution in [1.29, 1.82) is 0 Å². The van der Waals surface area contributed by atoms with E-state index in [0.717, 1.165) is 37.1 Å². The molecule has 0 N–H and O–H groups in total. The van der Waals surface area contributed by atoms with E-state index in [9.17, 15) is 0 Å². The zero-order valence-corrected chi connectivity index (χ0v) is 13.3. The molecule has 1 saturated carbocycles. The first-order chi connectivity index (χ1) is 9.58. The molecule has 1 aromatic heterocycles. The quantitative estimate of drug-likeness (QED) is 0.801. The highest BCUT2D eigenvalue weighted by Gasteiger charge is 2.21. The Labute approximate surface area is 122 Å². The molecule has 0 saturated heterocycles. The molecular formula is C16H28N2O2. The first-order valence-electron chi connectivity index (χ1n) is 7.80. The van der Waals surface area contributed by atoms with Gasteiger partial charge in [-0.05, 0) is 39.7 Å². The van der Waals surface area contributed by atoms with Crippen molar-refractivity contribution in [1.82, 2.24) is 10.1 Å². The highest BCUT2D eigenvalue weighted by molar-refractivity contribution is 5.20. The lowest BCUT2D eigenvalue weighted by molar-refractivity contribution is -0.0123. The molecule has 0 aliphatic heterocycles. The predicted octanol–water partition coefficient (Wildman–Crippen LogP) is 3.32. The molecule has 0 amide bonds. The molecular weight excluding hydrogens is 252 g/mol. The third kappa shape index (κ3) is 4.06. The summed E-state index contributed by atoms with van der Waals surface area (Å²) in [4.78, 5) is 2.28. The molecule has 1 fully saturated rings. The number of aryl methyl sites for hydroxylation is 2. The largest absolute Gasteiger partial charge is 0.377 e. The van der Waals surface area contributed by atoms with Crippen LogP contribution in [0.4, 0.5) is 0 Å². The predicted molar refractivity (Wildman–Crippen MR) is 79.7 cm³/mol. The second-order valence-electron chi connectivity index (χ2n) is 6.21. The molecule has 114 valence electrons. The second-order valence-corrected chi connectivity index (χ2v) is 6.21. The van der Waals surface area contributed by atoms with Crippen LogP contribution in [0.15, 0.2) is 4.52 Å². The van der Waals surface area contributed by atoms with E-state index in [1.54, 1.807) is 0 Å². The molecule has 0 bridgehead atoms. The standard InChI is InChI=1S/C16H28N2O2/c1-12-7-5-6-8-16(12)19-10-9-18(4)11-15-13(2)17-20-14(15)3/h12,16H,5-11H2,1-4H3/t12-,16-/m0/s1. The van der Waals surface area contributed by atoms with E-state index in [1.807, 2.05) is 13.8 Å². The van der Waals surface area contributed by atoms with Crippen LogP contribution in [0, 0.1) is 19.8 Å². The number of nitrogens with zero attached hydrogens (tertiary/aromatic N) is 2. The van der Waals surface area contributed by atoms with Gasteiger partial charge in [0, 0.05) is 18.7 Å². The van der Waals surface area contributed by atoms with Crippen molar-refractivity contribution in [2.45, 2.75) is 59.1 Å². The molecule has 0 spiro atoms. The summed E-state index contributed by atoms with van der Waals surface area (Å²) in [5, 5.41) is 4.00. The van der Waals surface area contributed by atoms with Crippen LogP contribution in [0.2, 0.25) is 0 Å². The van der Waals surface area contributed by atoms with E-state index in [0.29, 0.717) is 6.10 Å². The molecule has 2 atom stereocenters. The molecule has 0 aromatic carbocycles. The number of ether oxygens (including phenoxy) is 1. The lowest BCUT2D eigenvalue weighted by atomic mass is 9.88. The van der Waals surface area contributed by atoms with Gasteiger partial charge in [0.1, 0.15) is 5.76 Å². The average Bonchev–Trinajstić information content (AvgIpc) is 2.73. The van der Waals surface area contributed by atoms with Crippen molar-refractivity contribution >= 4 is 0 Å². The van der Waals surface area contributed by atoms with Crippen LogP contribution < -0.4 is 0 Å². The van der Waals surface area contributed by atoms with Gasteiger partial charge in [0.2, 0.25) is 0 Å². The second kappa shape index (κ2) is 7.23. The van der Waals surface area contributed by atoms with Gasteiger partial charge in [0.15, 0.2) is 0 Å². The van der Waals surface area contributed by atoms with Crippen molar-refractivity contribution in [3.05, 3.63) is 17.0 Å². The molecule has 4 heteroatoms. The lowest BCUT2D eigenvalue weighted by Crippen LogP contribution is -2.30. The van der Waals surface area contributed by atoms with Gasteiger partial charge in [0.25, 0.3) is 0 Å². The maximum Gasteiger partial charge on any atom is 0.138 e. The van der Waals surface area contributed by atoms with Crippen LogP contribution in [-0.2, 0) is 11.3 Å². The summed E-state index contributed by atoms with van der Waals surface area (Å²) in [7, 11) is 2.12. The van der Waals surface area contributed by atoms with E-state index in [4.69, 9.17) is 9.26 Å². The van der Waals surface area contributed by atoms with Crippen molar-refractivity contribution in [2.75, 3.05) is 20.2 Å². The minimum absolute atomic E-state index is 0.469. The number of aromatic nitrogens is 1. The van der Waals surface area contributed by atoms with Crippen molar-refractivity contribution in [2.24, 2.45) is 5.92 Å². The summed E-state index contributed by atoms with van der Waals surface area (Å²) in [5.41, 5.74) is 2.20. The third-order valence-corrected chi connectivity index (χ3v) is 4.45. The minimum atomic E-state index is 0.469. The normalized spacial score (nSPS) is 23.4. The third-order valence-electron chi connectivity index (χ3n) is 4.45. The van der Waals surface area contributed by atoms with Crippen molar-refractivity contribution in [3.8, 4) is 0 Å². The number of rotatable bonds is 6. The summed E-state index contributed by atoms with van der Waals surface area (Å²) in [6, 6.07) is 0. The highest BCUT2D eigenvalue weighted by Crippen LogP contribution is 2.26. The Bertz CT molecular complexity index is 397. The van der Waals surface area contributed by atoms with E-state index in [2.05, 4.69) is 24.0 Å². The minimum Gasteiger partial charge on any atom is -0.377 e. The van der Waals surface area contributed by atoms with Gasteiger partial charge in [-0.25, -0.2) is 0 Å². The highest BCUT2D eigenvalue weighted by atomic mass is 16.5. The zero-order chi connectivity index (χ0) is 14.5. The summed E-state index contributed by atoms with van der Waals surface area (Å²) in [5.74, 6) is 1.65. The molecule has 1 aliphatic carbocycles. The number of hydrogen-bond acceptors (Lipinski definition) is 4. The van der Waals surface area contributed by atoms with Crippen LogP contribution in [0.1, 0.15) is 49.6 Å². The summed E-state index contributed by atoms with van der Waals surface area (Å²) in [6.45, 7) is 8.94. The van der Waals surface area contributed by atoms with Crippen LogP contribution in [0.3, 0.4) is 0 Å². The average molecular weight is 280 g/mol. The number of likely N-dealkylation sites (N-methyl/N-ethyl adjacent to an activating group) is 1. The topological polar surface area (TPSA) is 38.5 Å². The Balaban J connectivity index is 1.71. The SMILES string of the molecule is Cc1noc(C)c1CN(C)CCO[C@H]1CCCC[C@@H]1C. The monoisotopic (exact) mass is 280 g/mol. The van der Waals surface area contributed by atoms with Crippen LogP contribution in [-0.4, -0.2) is 36.4 Å².